The van der Waals surface area contributed by atoms with Gasteiger partial charge >= 0.3 is 0 Å². The molecule has 0 aliphatic carbocycles. The lowest BCUT2D eigenvalue weighted by molar-refractivity contribution is -0.128. The topological polar surface area (TPSA) is 46.3 Å². The highest BCUT2D eigenvalue weighted by atomic mass is 35.5. The Kier molecular flexibility index (Phi) is 3.10. The predicted octanol–water partition coefficient (Wildman–Crippen LogP) is 2.02. The highest BCUT2D eigenvalue weighted by molar-refractivity contribution is 6.27. The number of benzene rings is 1. The van der Waals surface area contributed by atoms with Gasteiger partial charge in [0.2, 0.25) is 11.8 Å². The molecule has 0 aliphatic rings. The first-order valence-corrected chi connectivity index (χ1v) is 5.38. The summed E-state index contributed by atoms with van der Waals surface area (Å²) in [4.78, 5) is 17.0. The minimum atomic E-state index is -0.149. The van der Waals surface area contributed by atoms with E-state index in [1.807, 2.05) is 24.3 Å². The van der Waals surface area contributed by atoms with Crippen molar-refractivity contribution < 1.29 is 9.21 Å². The monoisotopic (exact) mass is 238 g/mol. The number of halogens is 1. The van der Waals surface area contributed by atoms with Crippen molar-refractivity contribution in [3.63, 3.8) is 0 Å². The molecule has 0 bridgehead atoms. The summed E-state index contributed by atoms with van der Waals surface area (Å²) in [6.45, 7) is 0.334. The first-order chi connectivity index (χ1) is 7.70. The Morgan fingerprint density at radius 1 is 1.50 bits per heavy atom. The maximum atomic E-state index is 11.3. The van der Waals surface area contributed by atoms with E-state index < -0.39 is 0 Å². The largest absolute Gasteiger partial charge is 0.439 e. The molecule has 0 saturated carbocycles. The molecule has 1 aromatic heterocycles. The van der Waals surface area contributed by atoms with E-state index in [9.17, 15) is 4.79 Å². The van der Waals surface area contributed by atoms with E-state index in [-0.39, 0.29) is 11.8 Å². The van der Waals surface area contributed by atoms with Crippen molar-refractivity contribution in [1.82, 2.24) is 9.88 Å². The summed E-state index contributed by atoms with van der Waals surface area (Å²) in [7, 11) is 1.67. The molecule has 16 heavy (non-hydrogen) atoms. The Hall–Kier alpha value is -1.55. The van der Waals surface area contributed by atoms with E-state index in [1.54, 1.807) is 7.05 Å². The van der Waals surface area contributed by atoms with E-state index in [0.717, 1.165) is 11.1 Å². The van der Waals surface area contributed by atoms with E-state index in [2.05, 4.69) is 4.98 Å². The molecule has 0 radical (unpaired) electrons. The molecule has 1 amide bonds. The predicted molar refractivity (Wildman–Crippen MR) is 61.2 cm³/mol. The standard InChI is InChI=1S/C11H11ClN2O2/c1-14(11(15)6-12)7-10-13-8-4-2-3-5-9(8)16-10/h2-5H,6-7H2,1H3. The fourth-order valence-electron chi connectivity index (χ4n) is 1.38. The zero-order chi connectivity index (χ0) is 11.5. The van der Waals surface area contributed by atoms with Crippen LogP contribution in [0.15, 0.2) is 28.7 Å². The van der Waals surface area contributed by atoms with Crippen molar-refractivity contribution in [2.24, 2.45) is 0 Å². The first-order valence-electron chi connectivity index (χ1n) is 4.85. The number of para-hydroxylation sites is 2. The van der Waals surface area contributed by atoms with Gasteiger partial charge in [-0.2, -0.15) is 0 Å². The summed E-state index contributed by atoms with van der Waals surface area (Å²) in [5.74, 6) is 0.336. The summed E-state index contributed by atoms with van der Waals surface area (Å²) in [5, 5.41) is 0. The molecule has 0 saturated heterocycles. The number of aromatic nitrogens is 1. The summed E-state index contributed by atoms with van der Waals surface area (Å²) in [6.07, 6.45) is 0. The van der Waals surface area contributed by atoms with E-state index in [0.29, 0.717) is 12.4 Å². The Bertz CT molecular complexity index is 476. The zero-order valence-corrected chi connectivity index (χ0v) is 9.57. The van der Waals surface area contributed by atoms with Crippen LogP contribution >= 0.6 is 11.6 Å². The molecule has 0 aliphatic heterocycles. The molecule has 2 aromatic rings. The number of nitrogens with zero attached hydrogens (tertiary/aromatic N) is 2. The Morgan fingerprint density at radius 3 is 2.94 bits per heavy atom. The number of fused-ring (bicyclic) bond motifs is 1. The van der Waals surface area contributed by atoms with Gasteiger partial charge in [-0.15, -0.1) is 11.6 Å². The quantitative estimate of drug-likeness (QED) is 0.769. The second-order valence-electron chi connectivity index (χ2n) is 3.46. The number of hydrogen-bond acceptors (Lipinski definition) is 3. The van der Waals surface area contributed by atoms with Gasteiger partial charge in [-0.05, 0) is 12.1 Å². The molecule has 0 atom stereocenters. The van der Waals surface area contributed by atoms with Gasteiger partial charge in [0.15, 0.2) is 5.58 Å². The Balaban J connectivity index is 2.18. The van der Waals surface area contributed by atoms with Crippen LogP contribution < -0.4 is 0 Å². The minimum absolute atomic E-state index is 0.0310. The van der Waals surface area contributed by atoms with Crippen LogP contribution in [0.4, 0.5) is 0 Å². The maximum Gasteiger partial charge on any atom is 0.237 e. The third-order valence-electron chi connectivity index (χ3n) is 2.25. The molecular weight excluding hydrogens is 228 g/mol. The smallest absolute Gasteiger partial charge is 0.237 e. The molecule has 1 heterocycles. The van der Waals surface area contributed by atoms with Crippen molar-refractivity contribution >= 4 is 28.6 Å². The van der Waals surface area contributed by atoms with Gasteiger partial charge in [-0.1, -0.05) is 12.1 Å². The molecule has 0 unspecified atom stereocenters. The van der Waals surface area contributed by atoms with Crippen LogP contribution in [0.5, 0.6) is 0 Å². The van der Waals surface area contributed by atoms with Crippen LogP contribution in [0.2, 0.25) is 0 Å². The van der Waals surface area contributed by atoms with Gasteiger partial charge in [-0.25, -0.2) is 4.98 Å². The van der Waals surface area contributed by atoms with Gasteiger partial charge in [0.25, 0.3) is 0 Å². The molecule has 0 fully saturated rings. The number of hydrogen-bond donors (Lipinski definition) is 0. The lowest BCUT2D eigenvalue weighted by Crippen LogP contribution is -2.27. The van der Waals surface area contributed by atoms with Crippen LogP contribution in [-0.2, 0) is 11.3 Å². The molecule has 0 spiro atoms. The van der Waals surface area contributed by atoms with Crippen molar-refractivity contribution in [2.75, 3.05) is 12.9 Å². The summed E-state index contributed by atoms with van der Waals surface area (Å²) in [5.41, 5.74) is 1.52. The molecule has 4 nitrogen and oxygen atoms in total. The SMILES string of the molecule is CN(Cc1nc2ccccc2o1)C(=O)CCl. The lowest BCUT2D eigenvalue weighted by Gasteiger charge is -2.12. The summed E-state index contributed by atoms with van der Waals surface area (Å²) >= 11 is 5.45. The number of rotatable bonds is 3. The van der Waals surface area contributed by atoms with Gasteiger partial charge in [0.05, 0.1) is 6.54 Å². The molecule has 2 rings (SSSR count). The third kappa shape index (κ3) is 2.17. The molecule has 84 valence electrons. The van der Waals surface area contributed by atoms with Crippen molar-refractivity contribution in [3.05, 3.63) is 30.2 Å². The number of amides is 1. The number of alkyl halides is 1. The highest BCUT2D eigenvalue weighted by Gasteiger charge is 2.11. The Labute approximate surface area is 97.8 Å². The van der Waals surface area contributed by atoms with Crippen molar-refractivity contribution in [3.8, 4) is 0 Å². The zero-order valence-electron chi connectivity index (χ0n) is 8.81. The van der Waals surface area contributed by atoms with Crippen molar-refractivity contribution in [1.29, 1.82) is 0 Å². The molecule has 0 N–H and O–H groups in total. The van der Waals surface area contributed by atoms with E-state index in [1.165, 1.54) is 4.90 Å². The third-order valence-corrected chi connectivity index (χ3v) is 2.48. The normalized spacial score (nSPS) is 10.6. The molecule has 1 aromatic carbocycles. The van der Waals surface area contributed by atoms with E-state index >= 15 is 0 Å². The number of oxazole rings is 1. The van der Waals surface area contributed by atoms with Crippen LogP contribution in [-0.4, -0.2) is 28.7 Å². The van der Waals surface area contributed by atoms with Crippen LogP contribution in [0.3, 0.4) is 0 Å². The second kappa shape index (κ2) is 4.53. The average Bonchev–Trinajstić information content (AvgIpc) is 2.69. The van der Waals surface area contributed by atoms with Gasteiger partial charge in [0.1, 0.15) is 11.4 Å². The highest BCUT2D eigenvalue weighted by Crippen LogP contribution is 2.15. The molecule has 5 heteroatoms. The average molecular weight is 239 g/mol. The fraction of sp³-hybridized carbons (Fsp3) is 0.273. The summed E-state index contributed by atoms with van der Waals surface area (Å²) in [6, 6.07) is 7.48. The molecular formula is C11H11ClN2O2. The van der Waals surface area contributed by atoms with Gasteiger partial charge < -0.3 is 9.32 Å². The van der Waals surface area contributed by atoms with E-state index in [4.69, 9.17) is 16.0 Å². The number of carbonyl (C=O) groups is 1. The fourth-order valence-corrected chi connectivity index (χ4v) is 1.58. The van der Waals surface area contributed by atoms with Crippen molar-refractivity contribution in [2.45, 2.75) is 6.54 Å². The Morgan fingerprint density at radius 2 is 2.25 bits per heavy atom. The van der Waals surface area contributed by atoms with Crippen LogP contribution in [0.1, 0.15) is 5.89 Å². The van der Waals surface area contributed by atoms with Crippen LogP contribution in [0, 0.1) is 0 Å². The first kappa shape index (κ1) is 11.0. The lowest BCUT2D eigenvalue weighted by atomic mass is 10.3. The second-order valence-corrected chi connectivity index (χ2v) is 3.73. The summed E-state index contributed by atoms with van der Waals surface area (Å²) < 4.78 is 5.49. The van der Waals surface area contributed by atoms with Gasteiger partial charge in [-0.3, -0.25) is 4.79 Å². The maximum absolute atomic E-state index is 11.3. The number of carbonyl (C=O) groups excluding carboxylic acids is 1. The van der Waals surface area contributed by atoms with Gasteiger partial charge in [0, 0.05) is 7.05 Å². The van der Waals surface area contributed by atoms with Crippen LogP contribution in [0.25, 0.3) is 11.1 Å². The minimum Gasteiger partial charge on any atom is -0.439 e.